The molecule has 1 N–H and O–H groups in total. The van der Waals surface area contributed by atoms with Gasteiger partial charge in [-0.15, -0.1) is 11.3 Å². The molecule has 1 aliphatic heterocycles. The van der Waals surface area contributed by atoms with Crippen molar-refractivity contribution >= 4 is 16.5 Å². The first-order valence-corrected chi connectivity index (χ1v) is 5.55. The highest BCUT2D eigenvalue weighted by Crippen LogP contribution is 2.26. The molecule has 0 spiro atoms. The molecule has 0 aliphatic carbocycles. The van der Waals surface area contributed by atoms with Crippen LogP contribution in [-0.2, 0) is 6.61 Å². The Morgan fingerprint density at radius 3 is 2.86 bits per heavy atom. The normalized spacial score (nSPS) is 17.6. The molecule has 0 bridgehead atoms. The van der Waals surface area contributed by atoms with E-state index < -0.39 is 0 Å². The van der Waals surface area contributed by atoms with E-state index in [0.717, 1.165) is 23.9 Å². The largest absolute Gasteiger partial charge is 0.390 e. The quantitative estimate of drug-likeness (QED) is 0.788. The third kappa shape index (κ3) is 1.75. The van der Waals surface area contributed by atoms with Crippen molar-refractivity contribution in [3.63, 3.8) is 0 Å². The lowest BCUT2D eigenvalue weighted by Crippen LogP contribution is -2.57. The van der Waals surface area contributed by atoms with Gasteiger partial charge in [-0.1, -0.05) is 0 Å². The maximum absolute atomic E-state index is 8.88. The second-order valence-electron chi connectivity index (χ2n) is 3.80. The van der Waals surface area contributed by atoms with Gasteiger partial charge >= 0.3 is 0 Å². The Morgan fingerprint density at radius 2 is 2.36 bits per heavy atom. The lowest BCUT2D eigenvalue weighted by molar-refractivity contribution is 0.246. The number of aliphatic hydroxyl groups excluding tert-OH is 1. The lowest BCUT2D eigenvalue weighted by atomic mass is 10.1. The molecule has 0 amide bonds. The molecule has 14 heavy (non-hydrogen) atoms. The number of aliphatic hydroxyl groups is 1. The standard InChI is InChI=1S/C9H15N3OS/c1-11(2)8-3-12(4-8)9-10-7(5-13)6-14-9/h6,8,13H,3-5H2,1-2H3. The van der Waals surface area contributed by atoms with Gasteiger partial charge in [-0.05, 0) is 14.1 Å². The van der Waals surface area contributed by atoms with E-state index in [1.807, 2.05) is 5.38 Å². The summed E-state index contributed by atoms with van der Waals surface area (Å²) in [5, 5.41) is 11.8. The van der Waals surface area contributed by atoms with Crippen molar-refractivity contribution in [2.75, 3.05) is 32.1 Å². The number of anilines is 1. The molecule has 0 atom stereocenters. The first kappa shape index (κ1) is 9.89. The highest BCUT2D eigenvalue weighted by atomic mass is 32.1. The van der Waals surface area contributed by atoms with Gasteiger partial charge in [0.25, 0.3) is 0 Å². The Hall–Kier alpha value is -0.650. The van der Waals surface area contributed by atoms with Gasteiger partial charge in [-0.2, -0.15) is 0 Å². The average Bonchev–Trinajstić information content (AvgIpc) is 2.49. The topological polar surface area (TPSA) is 39.6 Å². The number of rotatable bonds is 3. The van der Waals surface area contributed by atoms with Crippen LogP contribution in [0.5, 0.6) is 0 Å². The molecular formula is C9H15N3OS. The molecule has 1 fully saturated rings. The molecule has 1 saturated heterocycles. The van der Waals surface area contributed by atoms with Crippen LogP contribution in [0, 0.1) is 0 Å². The zero-order valence-electron chi connectivity index (χ0n) is 8.47. The van der Waals surface area contributed by atoms with Crippen molar-refractivity contribution in [3.05, 3.63) is 11.1 Å². The predicted molar refractivity (Wildman–Crippen MR) is 57.7 cm³/mol. The lowest BCUT2D eigenvalue weighted by Gasteiger charge is -2.42. The smallest absolute Gasteiger partial charge is 0.185 e. The number of likely N-dealkylation sites (N-methyl/N-ethyl adjacent to an activating group) is 1. The molecule has 5 heteroatoms. The SMILES string of the molecule is CN(C)C1CN(c2nc(CO)cs2)C1. The van der Waals surface area contributed by atoms with E-state index in [1.54, 1.807) is 11.3 Å². The maximum Gasteiger partial charge on any atom is 0.185 e. The molecule has 4 nitrogen and oxygen atoms in total. The van der Waals surface area contributed by atoms with Crippen molar-refractivity contribution in [1.29, 1.82) is 0 Å². The second-order valence-corrected chi connectivity index (χ2v) is 4.64. The van der Waals surface area contributed by atoms with E-state index in [4.69, 9.17) is 5.11 Å². The van der Waals surface area contributed by atoms with Crippen LogP contribution in [-0.4, -0.2) is 48.2 Å². The molecule has 0 unspecified atom stereocenters. The third-order valence-electron chi connectivity index (χ3n) is 2.56. The number of hydrogen-bond acceptors (Lipinski definition) is 5. The van der Waals surface area contributed by atoms with Gasteiger partial charge in [0.1, 0.15) is 0 Å². The summed E-state index contributed by atoms with van der Waals surface area (Å²) in [5.74, 6) is 0. The van der Waals surface area contributed by atoms with Crippen LogP contribution in [0.2, 0.25) is 0 Å². The van der Waals surface area contributed by atoms with Gasteiger partial charge in [0.2, 0.25) is 0 Å². The summed E-state index contributed by atoms with van der Waals surface area (Å²) in [4.78, 5) is 8.80. The van der Waals surface area contributed by atoms with Gasteiger partial charge < -0.3 is 14.9 Å². The van der Waals surface area contributed by atoms with Gasteiger partial charge in [0, 0.05) is 24.5 Å². The van der Waals surface area contributed by atoms with Crippen LogP contribution in [0.15, 0.2) is 5.38 Å². The van der Waals surface area contributed by atoms with Gasteiger partial charge in [0.05, 0.1) is 12.3 Å². The number of thiazole rings is 1. The van der Waals surface area contributed by atoms with Crippen molar-refractivity contribution in [2.45, 2.75) is 12.6 Å². The summed E-state index contributed by atoms with van der Waals surface area (Å²) < 4.78 is 0. The fourth-order valence-corrected chi connectivity index (χ4v) is 2.29. The predicted octanol–water partition coefficient (Wildman–Crippen LogP) is 0.386. The molecule has 1 aromatic rings. The molecule has 1 aromatic heterocycles. The van der Waals surface area contributed by atoms with E-state index in [9.17, 15) is 0 Å². The third-order valence-corrected chi connectivity index (χ3v) is 3.51. The van der Waals surface area contributed by atoms with Crippen LogP contribution in [0.4, 0.5) is 5.13 Å². The fourth-order valence-electron chi connectivity index (χ4n) is 1.45. The van der Waals surface area contributed by atoms with Crippen molar-refractivity contribution in [2.24, 2.45) is 0 Å². The average molecular weight is 213 g/mol. The van der Waals surface area contributed by atoms with Gasteiger partial charge in [-0.3, -0.25) is 0 Å². The van der Waals surface area contributed by atoms with E-state index in [-0.39, 0.29) is 6.61 Å². The molecule has 2 heterocycles. The molecular weight excluding hydrogens is 198 g/mol. The summed E-state index contributed by atoms with van der Waals surface area (Å²) >= 11 is 1.61. The Bertz CT molecular complexity index is 307. The minimum Gasteiger partial charge on any atom is -0.390 e. The molecule has 0 aromatic carbocycles. The summed E-state index contributed by atoms with van der Waals surface area (Å²) in [5.41, 5.74) is 0.776. The molecule has 0 radical (unpaired) electrons. The van der Waals surface area contributed by atoms with Gasteiger partial charge in [0.15, 0.2) is 5.13 Å². The summed E-state index contributed by atoms with van der Waals surface area (Å²) in [6, 6.07) is 0.650. The first-order chi connectivity index (χ1) is 6.70. The van der Waals surface area contributed by atoms with Crippen LogP contribution >= 0.6 is 11.3 Å². The second kappa shape index (κ2) is 3.84. The van der Waals surface area contributed by atoms with E-state index in [1.165, 1.54) is 0 Å². The molecule has 2 rings (SSSR count). The number of aromatic nitrogens is 1. The van der Waals surface area contributed by atoms with E-state index >= 15 is 0 Å². The van der Waals surface area contributed by atoms with Crippen molar-refractivity contribution < 1.29 is 5.11 Å². The minimum absolute atomic E-state index is 0.0431. The van der Waals surface area contributed by atoms with Crippen LogP contribution < -0.4 is 4.90 Å². The van der Waals surface area contributed by atoms with Crippen LogP contribution in [0.3, 0.4) is 0 Å². The Kier molecular flexibility index (Phi) is 2.71. The summed E-state index contributed by atoms with van der Waals surface area (Å²) in [6.07, 6.45) is 0. The molecule has 1 aliphatic rings. The zero-order chi connectivity index (χ0) is 10.1. The zero-order valence-corrected chi connectivity index (χ0v) is 9.29. The van der Waals surface area contributed by atoms with E-state index in [0.29, 0.717) is 6.04 Å². The highest BCUT2D eigenvalue weighted by Gasteiger charge is 2.29. The highest BCUT2D eigenvalue weighted by molar-refractivity contribution is 7.13. The Balaban J connectivity index is 1.93. The monoisotopic (exact) mass is 213 g/mol. The molecule has 78 valence electrons. The van der Waals surface area contributed by atoms with E-state index in [2.05, 4.69) is 28.9 Å². The van der Waals surface area contributed by atoms with Crippen molar-refractivity contribution in [3.8, 4) is 0 Å². The fraction of sp³-hybridized carbons (Fsp3) is 0.667. The maximum atomic E-state index is 8.88. The minimum atomic E-state index is 0.0431. The van der Waals surface area contributed by atoms with Gasteiger partial charge in [-0.25, -0.2) is 4.98 Å². The Morgan fingerprint density at radius 1 is 1.64 bits per heavy atom. The van der Waals surface area contributed by atoms with Crippen LogP contribution in [0.25, 0.3) is 0 Å². The number of hydrogen-bond donors (Lipinski definition) is 1. The Labute approximate surface area is 87.8 Å². The first-order valence-electron chi connectivity index (χ1n) is 4.67. The molecule has 0 saturated carbocycles. The van der Waals surface area contributed by atoms with Crippen LogP contribution in [0.1, 0.15) is 5.69 Å². The van der Waals surface area contributed by atoms with Crippen molar-refractivity contribution in [1.82, 2.24) is 9.88 Å². The summed E-state index contributed by atoms with van der Waals surface area (Å²) in [6.45, 7) is 2.14. The number of nitrogens with zero attached hydrogens (tertiary/aromatic N) is 3. The summed E-state index contributed by atoms with van der Waals surface area (Å²) in [7, 11) is 4.20.